The molecule has 1 amide bonds. The van der Waals surface area contributed by atoms with E-state index >= 15 is 0 Å². The minimum Gasteiger partial charge on any atom is -0.379 e. The molecule has 0 spiro atoms. The van der Waals surface area contributed by atoms with Gasteiger partial charge in [0.2, 0.25) is 5.76 Å². The van der Waals surface area contributed by atoms with Crippen LogP contribution in [-0.2, 0) is 4.74 Å². The quantitative estimate of drug-likeness (QED) is 0.662. The predicted molar refractivity (Wildman–Crippen MR) is 102 cm³/mol. The van der Waals surface area contributed by atoms with Crippen molar-refractivity contribution >= 4 is 45.0 Å². The molecule has 1 saturated heterocycles. The molecule has 2 aromatic heterocycles. The van der Waals surface area contributed by atoms with Gasteiger partial charge in [-0.1, -0.05) is 28.6 Å². The number of nitrogens with zero attached hydrogens (tertiary/aromatic N) is 4. The normalized spacial score (nSPS) is 14.9. The highest BCUT2D eigenvalue weighted by Gasteiger charge is 2.24. The molecular formula is C17H19ClN4O3S. The lowest BCUT2D eigenvalue weighted by molar-refractivity contribution is 0.0390. The van der Waals surface area contributed by atoms with Crippen molar-refractivity contribution in [2.75, 3.05) is 44.3 Å². The lowest BCUT2D eigenvalue weighted by Gasteiger charge is -2.28. The molecule has 1 aliphatic heterocycles. The monoisotopic (exact) mass is 394 g/mol. The molecule has 138 valence electrons. The van der Waals surface area contributed by atoms with E-state index in [1.807, 2.05) is 24.3 Å². The molecule has 1 aromatic carbocycles. The van der Waals surface area contributed by atoms with Crippen LogP contribution in [0.3, 0.4) is 0 Å². The van der Waals surface area contributed by atoms with Crippen molar-refractivity contribution in [1.82, 2.24) is 15.0 Å². The maximum absolute atomic E-state index is 12.9. The summed E-state index contributed by atoms with van der Waals surface area (Å²) >= 11 is 1.51. The third kappa shape index (κ3) is 4.04. The highest BCUT2D eigenvalue weighted by atomic mass is 35.5. The summed E-state index contributed by atoms with van der Waals surface area (Å²) < 4.78 is 11.5. The van der Waals surface area contributed by atoms with Crippen LogP contribution in [0, 0.1) is 0 Å². The minimum absolute atomic E-state index is 0. The van der Waals surface area contributed by atoms with Gasteiger partial charge in [-0.2, -0.15) is 0 Å². The molecule has 0 unspecified atom stereocenters. The summed E-state index contributed by atoms with van der Waals surface area (Å²) in [6, 6.07) is 9.46. The molecule has 0 aliphatic carbocycles. The van der Waals surface area contributed by atoms with E-state index in [0.717, 1.165) is 43.1 Å². The third-order valence-corrected chi connectivity index (χ3v) is 5.21. The molecule has 1 aliphatic rings. The van der Waals surface area contributed by atoms with Gasteiger partial charge in [-0.05, 0) is 12.1 Å². The van der Waals surface area contributed by atoms with Crippen molar-refractivity contribution in [2.24, 2.45) is 0 Å². The number of ether oxygens (including phenoxy) is 1. The highest BCUT2D eigenvalue weighted by Crippen LogP contribution is 2.29. The average Bonchev–Trinajstić information content (AvgIpc) is 3.32. The number of carbonyl (C=O) groups is 1. The number of para-hydroxylation sites is 1. The van der Waals surface area contributed by atoms with Crippen LogP contribution in [0.1, 0.15) is 10.6 Å². The summed E-state index contributed by atoms with van der Waals surface area (Å²) in [5.74, 6) is 0.00560. The zero-order valence-corrected chi connectivity index (χ0v) is 15.7. The van der Waals surface area contributed by atoms with E-state index in [9.17, 15) is 4.79 Å². The van der Waals surface area contributed by atoms with Crippen LogP contribution in [0.25, 0.3) is 10.2 Å². The van der Waals surface area contributed by atoms with Crippen LogP contribution in [0.5, 0.6) is 0 Å². The summed E-state index contributed by atoms with van der Waals surface area (Å²) in [4.78, 5) is 21.5. The molecule has 3 aromatic rings. The van der Waals surface area contributed by atoms with E-state index in [1.54, 1.807) is 11.0 Å². The Morgan fingerprint density at radius 2 is 2.04 bits per heavy atom. The van der Waals surface area contributed by atoms with Crippen LogP contribution < -0.4 is 4.90 Å². The van der Waals surface area contributed by atoms with Gasteiger partial charge < -0.3 is 9.26 Å². The molecule has 3 heterocycles. The summed E-state index contributed by atoms with van der Waals surface area (Å²) in [7, 11) is 0. The first kappa shape index (κ1) is 18.8. The minimum atomic E-state index is -0.218. The first-order valence-electron chi connectivity index (χ1n) is 8.19. The number of thiazole rings is 1. The lowest BCUT2D eigenvalue weighted by atomic mass is 10.3. The number of anilines is 1. The Bertz CT molecular complexity index is 816. The van der Waals surface area contributed by atoms with Gasteiger partial charge in [0.15, 0.2) is 5.13 Å². The molecule has 0 atom stereocenters. The molecule has 7 nitrogen and oxygen atoms in total. The number of fused-ring (bicyclic) bond motifs is 1. The van der Waals surface area contributed by atoms with E-state index in [-0.39, 0.29) is 24.1 Å². The summed E-state index contributed by atoms with van der Waals surface area (Å²) in [5.41, 5.74) is 0.893. The highest BCUT2D eigenvalue weighted by molar-refractivity contribution is 7.22. The number of benzene rings is 1. The zero-order chi connectivity index (χ0) is 17.1. The largest absolute Gasteiger partial charge is 0.379 e. The molecule has 0 bridgehead atoms. The molecule has 1 fully saturated rings. The van der Waals surface area contributed by atoms with Crippen LogP contribution in [0.15, 0.2) is 41.1 Å². The second-order valence-electron chi connectivity index (χ2n) is 5.75. The van der Waals surface area contributed by atoms with Crippen molar-refractivity contribution in [3.8, 4) is 0 Å². The fraction of sp³-hybridized carbons (Fsp3) is 0.353. The third-order valence-electron chi connectivity index (χ3n) is 4.15. The van der Waals surface area contributed by atoms with Crippen LogP contribution in [0.2, 0.25) is 0 Å². The molecule has 0 saturated carbocycles. The van der Waals surface area contributed by atoms with Gasteiger partial charge in [0.05, 0.1) is 29.6 Å². The Hall–Kier alpha value is -2.00. The van der Waals surface area contributed by atoms with Crippen molar-refractivity contribution in [1.29, 1.82) is 0 Å². The first-order valence-corrected chi connectivity index (χ1v) is 9.01. The van der Waals surface area contributed by atoms with Crippen molar-refractivity contribution < 1.29 is 14.1 Å². The van der Waals surface area contributed by atoms with E-state index in [2.05, 4.69) is 15.0 Å². The predicted octanol–water partition coefficient (Wildman–Crippen LogP) is 2.69. The fourth-order valence-electron chi connectivity index (χ4n) is 2.78. The maximum Gasteiger partial charge on any atom is 0.298 e. The van der Waals surface area contributed by atoms with Crippen LogP contribution in [0.4, 0.5) is 5.13 Å². The van der Waals surface area contributed by atoms with Gasteiger partial charge >= 0.3 is 0 Å². The van der Waals surface area contributed by atoms with E-state index in [4.69, 9.17) is 9.26 Å². The van der Waals surface area contributed by atoms with Gasteiger partial charge in [-0.25, -0.2) is 4.98 Å². The van der Waals surface area contributed by atoms with Gasteiger partial charge in [0, 0.05) is 32.2 Å². The second kappa shape index (κ2) is 8.59. The average molecular weight is 395 g/mol. The lowest BCUT2D eigenvalue weighted by Crippen LogP contribution is -2.43. The summed E-state index contributed by atoms with van der Waals surface area (Å²) in [6.45, 7) is 4.53. The molecule has 0 N–H and O–H groups in total. The fourth-order valence-corrected chi connectivity index (χ4v) is 3.77. The van der Waals surface area contributed by atoms with E-state index < -0.39 is 0 Å². The molecule has 4 rings (SSSR count). The second-order valence-corrected chi connectivity index (χ2v) is 6.76. The van der Waals surface area contributed by atoms with Gasteiger partial charge in [-0.3, -0.25) is 14.6 Å². The standard InChI is InChI=1S/C17H18N4O3S.ClH/c22-16(14-5-6-18-24-14)21(8-7-20-9-11-23-12-10-20)17-19-13-3-1-2-4-15(13)25-17;/h1-6H,7-12H2;1H. The number of amides is 1. The Labute approximate surface area is 160 Å². The van der Waals surface area contributed by atoms with Gasteiger partial charge in [0.1, 0.15) is 0 Å². The number of hydrogen-bond acceptors (Lipinski definition) is 7. The number of halogens is 1. The van der Waals surface area contributed by atoms with Gasteiger partial charge in [0.25, 0.3) is 5.91 Å². The summed E-state index contributed by atoms with van der Waals surface area (Å²) in [6.07, 6.45) is 1.48. The molecular weight excluding hydrogens is 376 g/mol. The van der Waals surface area contributed by atoms with Crippen molar-refractivity contribution in [2.45, 2.75) is 0 Å². The number of aromatic nitrogens is 2. The molecule has 9 heteroatoms. The first-order chi connectivity index (χ1) is 12.3. The number of carbonyl (C=O) groups excluding carboxylic acids is 1. The maximum atomic E-state index is 12.9. The number of morpholine rings is 1. The van der Waals surface area contributed by atoms with E-state index in [0.29, 0.717) is 11.7 Å². The van der Waals surface area contributed by atoms with Crippen molar-refractivity contribution in [3.63, 3.8) is 0 Å². The zero-order valence-electron chi connectivity index (χ0n) is 14.0. The van der Waals surface area contributed by atoms with E-state index in [1.165, 1.54) is 17.5 Å². The Morgan fingerprint density at radius 1 is 1.23 bits per heavy atom. The van der Waals surface area contributed by atoms with Crippen molar-refractivity contribution in [3.05, 3.63) is 42.3 Å². The van der Waals surface area contributed by atoms with Crippen LogP contribution in [-0.4, -0.2) is 60.3 Å². The molecule has 26 heavy (non-hydrogen) atoms. The van der Waals surface area contributed by atoms with Gasteiger partial charge in [-0.15, -0.1) is 12.4 Å². The van der Waals surface area contributed by atoms with Crippen LogP contribution >= 0.6 is 23.7 Å². The Morgan fingerprint density at radius 3 is 2.77 bits per heavy atom. The SMILES string of the molecule is Cl.O=C(c1ccno1)N(CCN1CCOCC1)c1nc2ccccc2s1. The Balaban J connectivity index is 0.00000196. The number of rotatable bonds is 5. The topological polar surface area (TPSA) is 71.7 Å². The number of hydrogen-bond donors (Lipinski definition) is 0. The summed E-state index contributed by atoms with van der Waals surface area (Å²) in [5, 5.41) is 4.32. The smallest absolute Gasteiger partial charge is 0.298 e. The Kier molecular flexibility index (Phi) is 6.20. The molecule has 0 radical (unpaired) electrons.